The second kappa shape index (κ2) is 57.4. The number of nitrogens with one attached hydrogen (secondary N) is 14. The molecule has 0 unspecified atom stereocenters. The molecule has 0 aliphatic rings. The largest absolute Gasteiger partial charge is 0.481 e. The van der Waals surface area contributed by atoms with Crippen LogP contribution in [0.5, 0.6) is 0 Å². The van der Waals surface area contributed by atoms with Gasteiger partial charge in [0.05, 0.1) is 56.6 Å². The summed E-state index contributed by atoms with van der Waals surface area (Å²) < 4.78 is 4.93. The number of carboxylic acids is 4. The molecule has 57 heteroatoms. The number of ether oxygens (including phenoxy) is 1. The first-order valence-electron chi connectivity index (χ1n) is 39.4. The fraction of sp³-hybridized carbons (Fsp3) is 0.611. The van der Waals surface area contributed by atoms with Gasteiger partial charge in [0.2, 0.25) is 65.0 Å². The van der Waals surface area contributed by atoms with Gasteiger partial charge in [-0.05, 0) is 62.8 Å². The molecule has 3 rings (SSSR count). The van der Waals surface area contributed by atoms with Crippen molar-refractivity contribution in [3.8, 4) is 0 Å². The number of amides is 12. The van der Waals surface area contributed by atoms with Crippen molar-refractivity contribution in [3.63, 3.8) is 0 Å². The number of aromatic nitrogens is 4. The van der Waals surface area contributed by atoms with Gasteiger partial charge in [-0.1, -0.05) is 35.4 Å². The Bertz CT molecular complexity index is 4300. The van der Waals surface area contributed by atoms with Gasteiger partial charge in [-0.25, -0.2) is 29.8 Å². The van der Waals surface area contributed by atoms with E-state index in [1.807, 2.05) is 5.43 Å². The Morgan fingerprint density at radius 1 is 0.442 bits per heavy atom. The van der Waals surface area contributed by atoms with E-state index in [-0.39, 0.29) is 47.3 Å². The zero-order chi connectivity index (χ0) is 97.1. The van der Waals surface area contributed by atoms with Gasteiger partial charge in [-0.3, -0.25) is 77.5 Å². The molecule has 0 fully saturated rings. The Morgan fingerprint density at radius 2 is 0.814 bits per heavy atom. The molecule has 3 aromatic rings. The number of aliphatic hydroxyl groups excluding tert-OH is 15. The molecule has 0 aliphatic carbocycles. The van der Waals surface area contributed by atoms with Gasteiger partial charge in [0.25, 0.3) is 11.5 Å². The first-order chi connectivity index (χ1) is 60.7. The van der Waals surface area contributed by atoms with E-state index in [1.54, 1.807) is 0 Å². The van der Waals surface area contributed by atoms with Crippen LogP contribution in [0, 0.1) is 5.92 Å². The van der Waals surface area contributed by atoms with Crippen LogP contribution in [0.15, 0.2) is 35.3 Å². The summed E-state index contributed by atoms with van der Waals surface area (Å²) in [5.74, 6) is -21.9. The van der Waals surface area contributed by atoms with Crippen molar-refractivity contribution < 1.29 is 178 Å². The molecule has 2 aromatic heterocycles. The van der Waals surface area contributed by atoms with E-state index in [9.17, 15) is 179 Å². The Balaban J connectivity index is 2.09. The van der Waals surface area contributed by atoms with Gasteiger partial charge in [0.1, 0.15) is 104 Å². The molecule has 55 nitrogen and oxygen atoms in total. The minimum atomic E-state index is -2.29. The van der Waals surface area contributed by atoms with Crippen LogP contribution in [-0.2, 0) is 78.4 Å². The van der Waals surface area contributed by atoms with Crippen LogP contribution < -0.4 is 80.6 Å². The highest BCUT2D eigenvalue weighted by atomic mass is 33.1. The maximum absolute atomic E-state index is 14.8. The number of hydrazine groups is 1. The molecule has 722 valence electrons. The highest BCUT2D eigenvalue weighted by Gasteiger charge is 2.38. The van der Waals surface area contributed by atoms with Crippen molar-refractivity contribution >= 4 is 139 Å². The summed E-state index contributed by atoms with van der Waals surface area (Å²) in [4.78, 5) is 241. The van der Waals surface area contributed by atoms with E-state index in [1.165, 1.54) is 44.3 Å². The number of benzene rings is 1. The summed E-state index contributed by atoms with van der Waals surface area (Å²) in [7, 11) is 1.69. The van der Waals surface area contributed by atoms with Gasteiger partial charge < -0.3 is 166 Å². The third kappa shape index (κ3) is 40.8. The van der Waals surface area contributed by atoms with Crippen LogP contribution in [0.25, 0.3) is 11.2 Å². The molecule has 0 saturated carbocycles. The molecule has 0 spiro atoms. The molecule has 0 bridgehead atoms. The minimum Gasteiger partial charge on any atom is -0.481 e. The lowest BCUT2D eigenvalue weighted by Gasteiger charge is -2.28. The Labute approximate surface area is 738 Å². The molecule has 2 heterocycles. The number of carbonyl (C=O) groups is 16. The quantitative estimate of drug-likeness (QED) is 0.0142. The number of hydrogen-bond donors (Lipinski definition) is 34. The molecule has 0 aliphatic heterocycles. The van der Waals surface area contributed by atoms with Gasteiger partial charge in [-0.2, -0.15) is 4.98 Å². The summed E-state index contributed by atoms with van der Waals surface area (Å²) in [6, 6.07) is -9.40. The van der Waals surface area contributed by atoms with Crippen LogP contribution >= 0.6 is 21.6 Å². The SMILES string of the molecule is CC(C)C(=O)NNC(=O)OCCSSC[C@H](NC(=O)[C@H](CCC(=O)NC[C@H](O)[C@@H](O)[C@H](O)[C@H](O)CO)NC(=O)[C@H](CCC(=O)O)NC(=O)[C@H](CCC(=O)NC[C@H](O)[C@@H](O)[C@H](O)[C@H](O)CO)NC(=O)[C@H](CCC(=O)O)NC(=O)[C@H](CCC(=O)NC[C@H](O)[C@@H](O)[C@H](O)[C@H](O)CO)NC(=O)CC[C@H](NC(=O)c1ccc(NCc2cnc3nc(N)[nH]c(=O)c3n2)cc1)C(=O)O)C(=O)O. The van der Waals surface area contributed by atoms with Gasteiger partial charge >= 0.3 is 30.0 Å². The number of nitrogens with two attached hydrogens (primary N) is 1. The lowest BCUT2D eigenvalue weighted by atomic mass is 10.0. The standard InChI is InChI=1S/C72H110N18O37S2/c1-30(2)61(114)89-90-72(126)127-19-20-128-129-29-40(70(124)125)86-67(120)36(9-15-49(102)77-25-43(96)56(110)59(113)46(99)28-93)82-66(119)38(12-18-52(106)107)84-64(117)35(8-14-48(101)76-24-42(95)55(109)58(112)45(98)27-92)81-65(118)37(11-17-51(104)105)83-63(116)34(7-13-47(100)75-23-41(94)54(108)57(111)44(97)26-91)80-50(103)16-10-39(69(122)123)85-62(115)31-3-5-32(6-4-31)74-21-33-22-78-60-53(79-33)68(121)88-71(73)87-60/h3-6,22,30,34-46,54-59,74,91-99,108-113H,7-21,23-29H2,1-2H3,(H,75,100)(H,76,101)(H,77,102)(H,80,103)(H,81,118)(H,82,119)(H,83,116)(H,84,117)(H,85,115)(H,86,120)(H,89,114)(H,90,126)(H,104,105)(H,106,107)(H,122,123)(H,124,125)(H3,73,78,87,88,121)/t34-,35-,36-,37-,38-,39-,40-,41-,42-,43-,44+,45+,46+,54+,55+,56+,57+,58+,59+/m0/s1. The highest BCUT2D eigenvalue weighted by molar-refractivity contribution is 8.76. The first kappa shape index (κ1) is 112. The normalized spacial score (nSPS) is 15.8. The predicted molar refractivity (Wildman–Crippen MR) is 440 cm³/mol. The lowest BCUT2D eigenvalue weighted by Crippen LogP contribution is -2.60. The van der Waals surface area contributed by atoms with E-state index in [2.05, 4.69) is 83.8 Å². The smallest absolute Gasteiger partial charge is 0.426 e. The van der Waals surface area contributed by atoms with E-state index < -0.39 is 344 Å². The van der Waals surface area contributed by atoms with E-state index in [0.29, 0.717) is 5.69 Å². The molecule has 35 N–H and O–H groups in total. The number of hydrogen-bond acceptors (Lipinski definition) is 40. The number of fused-ring (bicyclic) bond motifs is 1. The lowest BCUT2D eigenvalue weighted by molar-refractivity contribution is -0.142. The average molecular weight is 1880 g/mol. The van der Waals surface area contributed by atoms with E-state index >= 15 is 0 Å². The van der Waals surface area contributed by atoms with Gasteiger partial charge in [0.15, 0.2) is 11.2 Å². The van der Waals surface area contributed by atoms with Crippen molar-refractivity contribution in [2.24, 2.45) is 5.92 Å². The van der Waals surface area contributed by atoms with Crippen molar-refractivity contribution in [1.29, 1.82) is 0 Å². The highest BCUT2D eigenvalue weighted by Crippen LogP contribution is 2.23. The Hall–Kier alpha value is -11.5. The predicted octanol–water partition coefficient (Wildman–Crippen LogP) is -13.6. The Morgan fingerprint density at radius 3 is 1.20 bits per heavy atom. The maximum Gasteiger partial charge on any atom is 0.426 e. The number of nitrogens with zero attached hydrogens (tertiary/aromatic N) is 3. The minimum absolute atomic E-state index is 0.00833. The maximum atomic E-state index is 14.8. The van der Waals surface area contributed by atoms with Gasteiger partial charge in [0, 0.05) is 86.8 Å². The first-order valence-corrected chi connectivity index (χ1v) is 41.8. The summed E-state index contributed by atoms with van der Waals surface area (Å²) >= 11 is 0. The zero-order valence-corrected chi connectivity index (χ0v) is 70.7. The topological polar surface area (TPSA) is 921 Å². The summed E-state index contributed by atoms with van der Waals surface area (Å²) in [5, 5.41) is 214. The van der Waals surface area contributed by atoms with Gasteiger partial charge in [-0.15, -0.1) is 0 Å². The Kier molecular flexibility index (Phi) is 49.7. The number of aliphatic carboxylic acids is 4. The van der Waals surface area contributed by atoms with Crippen LogP contribution in [0.3, 0.4) is 0 Å². The fourth-order valence-corrected chi connectivity index (χ4v) is 12.9. The van der Waals surface area contributed by atoms with Crippen molar-refractivity contribution in [3.05, 3.63) is 52.1 Å². The molecule has 12 amide bonds. The third-order valence-electron chi connectivity index (χ3n) is 18.5. The number of rotatable bonds is 61. The molecule has 0 radical (unpaired) electrons. The zero-order valence-electron chi connectivity index (χ0n) is 69.1. The average Bonchev–Trinajstić information content (AvgIpc) is 0.805. The van der Waals surface area contributed by atoms with Crippen molar-refractivity contribution in [2.45, 2.75) is 213 Å². The summed E-state index contributed by atoms with van der Waals surface area (Å²) in [6.45, 7) is -3.36. The van der Waals surface area contributed by atoms with Crippen LogP contribution in [0.4, 0.5) is 16.4 Å². The molecule has 129 heavy (non-hydrogen) atoms. The summed E-state index contributed by atoms with van der Waals surface area (Å²) in [5.41, 5.74) is 9.42. The molecular formula is C72H110N18O37S2. The summed E-state index contributed by atoms with van der Waals surface area (Å²) in [6.07, 6.45) is -36.6. The van der Waals surface area contributed by atoms with E-state index in [4.69, 9.17) is 10.5 Å². The number of carbonyl (C=O) groups excluding carboxylic acids is 12. The molecule has 0 saturated heterocycles. The second-order valence-electron chi connectivity index (χ2n) is 28.9. The number of aromatic amines is 1. The third-order valence-corrected chi connectivity index (χ3v) is 20.9. The van der Waals surface area contributed by atoms with Crippen molar-refractivity contribution in [2.75, 3.05) is 68.6 Å². The number of carboxylic acid groups (broad SMARTS) is 4. The fourth-order valence-electron chi connectivity index (χ4n) is 10.9. The van der Waals surface area contributed by atoms with E-state index in [0.717, 1.165) is 21.6 Å². The van der Waals surface area contributed by atoms with Crippen LogP contribution in [0.2, 0.25) is 0 Å². The van der Waals surface area contributed by atoms with Crippen molar-refractivity contribution in [1.82, 2.24) is 84.0 Å². The molecule has 19 atom stereocenters. The molecule has 1 aromatic carbocycles. The number of anilines is 2. The number of aliphatic hydroxyl groups is 15. The van der Waals surface area contributed by atoms with Crippen LogP contribution in [-0.4, -0.2) is 385 Å². The number of H-pyrrole nitrogens is 1. The molecular weight excluding hydrogens is 1770 g/mol. The van der Waals surface area contributed by atoms with Crippen LogP contribution in [0.1, 0.15) is 107 Å². The second-order valence-corrected chi connectivity index (χ2v) is 31.5. The number of nitrogen functional groups attached to an aromatic ring is 1. The monoisotopic (exact) mass is 1880 g/mol.